The van der Waals surface area contributed by atoms with E-state index in [0.29, 0.717) is 18.7 Å². The average Bonchev–Trinajstić information content (AvgIpc) is 2.78. The van der Waals surface area contributed by atoms with Gasteiger partial charge in [-0.1, -0.05) is 5.92 Å². The van der Waals surface area contributed by atoms with Crippen LogP contribution in [-0.4, -0.2) is 30.8 Å². The number of rotatable bonds is 4. The monoisotopic (exact) mass is 245 g/mol. The molecule has 1 aromatic rings. The van der Waals surface area contributed by atoms with Crippen LogP contribution in [0.5, 0.6) is 5.75 Å². The van der Waals surface area contributed by atoms with Gasteiger partial charge in [-0.2, -0.15) is 0 Å². The van der Waals surface area contributed by atoms with Gasteiger partial charge >= 0.3 is 0 Å². The van der Waals surface area contributed by atoms with Crippen molar-refractivity contribution in [2.24, 2.45) is 5.92 Å². The third-order valence-corrected chi connectivity index (χ3v) is 2.93. The van der Waals surface area contributed by atoms with Crippen LogP contribution < -0.4 is 9.64 Å². The maximum atomic E-state index is 11.8. The number of nitrogens with zero attached hydrogens (tertiary/aromatic N) is 1. The van der Waals surface area contributed by atoms with Crippen LogP contribution in [0.1, 0.15) is 6.42 Å². The number of amides is 1. The summed E-state index contributed by atoms with van der Waals surface area (Å²) in [5.41, 5.74) is 0.823. The van der Waals surface area contributed by atoms with Crippen LogP contribution in [0.3, 0.4) is 0 Å². The van der Waals surface area contributed by atoms with Crippen molar-refractivity contribution >= 4 is 11.6 Å². The molecule has 1 fully saturated rings. The zero-order chi connectivity index (χ0) is 13.0. The molecular formula is C14H15NO3. The molecule has 1 heterocycles. The van der Waals surface area contributed by atoms with Crippen LogP contribution >= 0.6 is 0 Å². The van der Waals surface area contributed by atoms with Gasteiger partial charge in [-0.25, -0.2) is 0 Å². The van der Waals surface area contributed by atoms with Crippen LogP contribution in [0.25, 0.3) is 0 Å². The Morgan fingerprint density at radius 2 is 2.17 bits per heavy atom. The van der Waals surface area contributed by atoms with Crippen molar-refractivity contribution < 1.29 is 14.6 Å². The number of aliphatic hydroxyl groups is 1. The van der Waals surface area contributed by atoms with E-state index in [1.807, 2.05) is 12.1 Å². The van der Waals surface area contributed by atoms with Crippen molar-refractivity contribution in [2.45, 2.75) is 6.42 Å². The number of carbonyl (C=O) groups excluding carboxylic acids is 1. The summed E-state index contributed by atoms with van der Waals surface area (Å²) in [4.78, 5) is 13.4. The molecule has 1 aliphatic rings. The average molecular weight is 245 g/mol. The molecule has 1 atom stereocenters. The second-order valence-corrected chi connectivity index (χ2v) is 4.24. The van der Waals surface area contributed by atoms with Gasteiger partial charge in [-0.05, 0) is 24.3 Å². The lowest BCUT2D eigenvalue weighted by atomic mass is 10.1. The van der Waals surface area contributed by atoms with Crippen molar-refractivity contribution in [1.29, 1.82) is 0 Å². The molecule has 18 heavy (non-hydrogen) atoms. The second-order valence-electron chi connectivity index (χ2n) is 4.24. The molecule has 0 radical (unpaired) electrons. The van der Waals surface area contributed by atoms with Gasteiger partial charge in [0.15, 0.2) is 0 Å². The minimum absolute atomic E-state index is 0.0369. The second kappa shape index (κ2) is 5.56. The van der Waals surface area contributed by atoms with Crippen molar-refractivity contribution in [2.75, 3.05) is 24.7 Å². The number of terminal acetylenes is 1. The van der Waals surface area contributed by atoms with Crippen molar-refractivity contribution in [3.63, 3.8) is 0 Å². The Balaban J connectivity index is 2.06. The topological polar surface area (TPSA) is 49.8 Å². The highest BCUT2D eigenvalue weighted by molar-refractivity contribution is 5.95. The predicted octanol–water partition coefficient (Wildman–Crippen LogP) is 1.04. The van der Waals surface area contributed by atoms with Gasteiger partial charge in [0.1, 0.15) is 12.4 Å². The van der Waals surface area contributed by atoms with Gasteiger partial charge in [-0.15, -0.1) is 6.42 Å². The van der Waals surface area contributed by atoms with E-state index >= 15 is 0 Å². The Kier molecular flexibility index (Phi) is 3.85. The minimum Gasteiger partial charge on any atom is -0.481 e. The fourth-order valence-corrected chi connectivity index (χ4v) is 2.00. The van der Waals surface area contributed by atoms with Crippen molar-refractivity contribution in [3.8, 4) is 18.1 Å². The molecule has 1 amide bonds. The molecule has 0 spiro atoms. The van der Waals surface area contributed by atoms with E-state index in [4.69, 9.17) is 16.3 Å². The first kappa shape index (κ1) is 12.5. The number of anilines is 1. The van der Waals surface area contributed by atoms with Crippen LogP contribution in [-0.2, 0) is 4.79 Å². The lowest BCUT2D eigenvalue weighted by Gasteiger charge is -2.16. The maximum Gasteiger partial charge on any atom is 0.227 e. The molecule has 2 rings (SSSR count). The quantitative estimate of drug-likeness (QED) is 0.806. The number of ether oxygens (including phenoxy) is 1. The Morgan fingerprint density at radius 1 is 1.44 bits per heavy atom. The normalized spacial score (nSPS) is 18.8. The standard InChI is InChI=1S/C14H15NO3/c1-2-7-18-13-5-3-12(4-6-13)15-9-11(10-16)8-14(15)17/h1,3-6,11,16H,7-10H2. The maximum absolute atomic E-state index is 11.8. The zero-order valence-corrected chi connectivity index (χ0v) is 10.0. The van der Waals surface area contributed by atoms with E-state index in [1.165, 1.54) is 0 Å². The summed E-state index contributed by atoms with van der Waals surface area (Å²) in [6.07, 6.45) is 5.51. The number of hydrogen-bond donors (Lipinski definition) is 1. The number of carbonyl (C=O) groups is 1. The Hall–Kier alpha value is -1.99. The van der Waals surface area contributed by atoms with Crippen LogP contribution in [0.4, 0.5) is 5.69 Å². The van der Waals surface area contributed by atoms with Crippen molar-refractivity contribution in [1.82, 2.24) is 0 Å². The molecule has 0 bridgehead atoms. The Bertz CT molecular complexity index is 461. The summed E-state index contributed by atoms with van der Waals surface area (Å²) in [6.45, 7) is 0.847. The van der Waals surface area contributed by atoms with E-state index in [-0.39, 0.29) is 25.0 Å². The fraction of sp³-hybridized carbons (Fsp3) is 0.357. The number of benzene rings is 1. The van der Waals surface area contributed by atoms with Gasteiger partial charge in [0, 0.05) is 31.2 Å². The van der Waals surface area contributed by atoms with Gasteiger partial charge in [0.05, 0.1) is 0 Å². The van der Waals surface area contributed by atoms with Gasteiger partial charge in [0.2, 0.25) is 5.91 Å². The number of hydrogen-bond acceptors (Lipinski definition) is 3. The minimum atomic E-state index is 0.0369. The van der Waals surface area contributed by atoms with E-state index in [1.54, 1.807) is 17.0 Å². The first-order valence-corrected chi connectivity index (χ1v) is 5.82. The summed E-state index contributed by atoms with van der Waals surface area (Å²) >= 11 is 0. The number of aliphatic hydroxyl groups excluding tert-OH is 1. The summed E-state index contributed by atoms with van der Waals surface area (Å²) in [7, 11) is 0. The molecule has 1 saturated heterocycles. The van der Waals surface area contributed by atoms with Crippen LogP contribution in [0.15, 0.2) is 24.3 Å². The van der Waals surface area contributed by atoms with Crippen molar-refractivity contribution in [3.05, 3.63) is 24.3 Å². The Morgan fingerprint density at radius 3 is 2.72 bits per heavy atom. The molecule has 1 aliphatic heterocycles. The summed E-state index contributed by atoms with van der Waals surface area (Å²) in [5, 5.41) is 9.07. The smallest absolute Gasteiger partial charge is 0.227 e. The van der Waals surface area contributed by atoms with Gasteiger partial charge in [0.25, 0.3) is 0 Å². The molecule has 1 N–H and O–H groups in total. The Labute approximate surface area is 106 Å². The molecule has 0 saturated carbocycles. The zero-order valence-electron chi connectivity index (χ0n) is 10.0. The van der Waals surface area contributed by atoms with E-state index in [9.17, 15) is 4.79 Å². The molecule has 1 unspecified atom stereocenters. The van der Waals surface area contributed by atoms with Gasteiger partial charge < -0.3 is 14.7 Å². The molecular weight excluding hydrogens is 230 g/mol. The summed E-state index contributed by atoms with van der Waals surface area (Å²) in [6, 6.07) is 7.21. The lowest BCUT2D eigenvalue weighted by Crippen LogP contribution is -2.24. The summed E-state index contributed by atoms with van der Waals surface area (Å²) in [5.74, 6) is 3.16. The molecule has 4 nitrogen and oxygen atoms in total. The molecule has 4 heteroatoms. The first-order valence-electron chi connectivity index (χ1n) is 5.82. The molecule has 94 valence electrons. The summed E-state index contributed by atoms with van der Waals surface area (Å²) < 4.78 is 5.26. The van der Waals surface area contributed by atoms with E-state index in [2.05, 4.69) is 5.92 Å². The van der Waals surface area contributed by atoms with Crippen LogP contribution in [0.2, 0.25) is 0 Å². The highest BCUT2D eigenvalue weighted by Crippen LogP contribution is 2.26. The first-order chi connectivity index (χ1) is 8.74. The highest BCUT2D eigenvalue weighted by Gasteiger charge is 2.29. The largest absolute Gasteiger partial charge is 0.481 e. The van der Waals surface area contributed by atoms with Gasteiger partial charge in [-0.3, -0.25) is 4.79 Å². The van der Waals surface area contributed by atoms with E-state index < -0.39 is 0 Å². The van der Waals surface area contributed by atoms with Crippen LogP contribution in [0, 0.1) is 18.3 Å². The molecule has 1 aromatic carbocycles. The third kappa shape index (κ3) is 2.63. The highest BCUT2D eigenvalue weighted by atomic mass is 16.5. The predicted molar refractivity (Wildman–Crippen MR) is 68.3 cm³/mol. The lowest BCUT2D eigenvalue weighted by molar-refractivity contribution is -0.117. The molecule has 0 aromatic heterocycles. The fourth-order valence-electron chi connectivity index (χ4n) is 2.00. The SMILES string of the molecule is C#CCOc1ccc(N2CC(CO)CC2=O)cc1. The molecule has 0 aliphatic carbocycles. The van der Waals surface area contributed by atoms with E-state index in [0.717, 1.165) is 5.69 Å². The third-order valence-electron chi connectivity index (χ3n) is 2.93.